The molecule has 0 aromatic carbocycles. The molecule has 2 aromatic rings. The Morgan fingerprint density at radius 3 is 2.76 bits per heavy atom. The Morgan fingerprint density at radius 2 is 2.24 bits per heavy atom. The molecule has 0 spiro atoms. The fraction of sp³-hybridized carbons (Fsp3) is 0.250. The van der Waals surface area contributed by atoms with E-state index in [4.69, 9.17) is 5.11 Å². The van der Waals surface area contributed by atoms with Gasteiger partial charge < -0.3 is 5.11 Å². The van der Waals surface area contributed by atoms with Crippen LogP contribution in [-0.4, -0.2) is 23.7 Å². The van der Waals surface area contributed by atoms with Crippen LogP contribution in [0.25, 0.3) is 0 Å². The van der Waals surface area contributed by atoms with Crippen LogP contribution in [0.1, 0.15) is 9.88 Å². The number of aliphatic hydroxyl groups is 1. The maximum absolute atomic E-state index is 11.9. The van der Waals surface area contributed by atoms with Crippen molar-refractivity contribution >= 4 is 37.8 Å². The molecule has 0 amide bonds. The molecule has 0 aliphatic rings. The zero-order chi connectivity index (χ0) is 12.5. The average molecular weight is 291 g/mol. The molecule has 0 unspecified atom stereocenters. The Kier molecular flexibility index (Phi) is 3.43. The van der Waals surface area contributed by atoms with Crippen LogP contribution in [0.5, 0.6) is 0 Å². The van der Waals surface area contributed by atoms with Gasteiger partial charge in [0.1, 0.15) is 5.01 Å². The maximum Gasteiger partial charge on any atom is 0.264 e. The SMILES string of the molecule is Cc1nnc(NS(=O)(=O)c2csc(CO)c2)s1. The average Bonchev–Trinajstić information content (AvgIpc) is 2.86. The lowest BCUT2D eigenvalue weighted by Gasteiger charge is -2.00. The summed E-state index contributed by atoms with van der Waals surface area (Å²) in [6.45, 7) is 1.57. The highest BCUT2D eigenvalue weighted by Gasteiger charge is 2.18. The van der Waals surface area contributed by atoms with Gasteiger partial charge in [0.25, 0.3) is 10.0 Å². The number of nitrogens with one attached hydrogen (secondary N) is 1. The molecule has 6 nitrogen and oxygen atoms in total. The van der Waals surface area contributed by atoms with Gasteiger partial charge in [0.15, 0.2) is 0 Å². The van der Waals surface area contributed by atoms with Gasteiger partial charge in [-0.2, -0.15) is 0 Å². The number of thiophene rings is 1. The number of anilines is 1. The van der Waals surface area contributed by atoms with E-state index in [0.717, 1.165) is 11.3 Å². The monoisotopic (exact) mass is 291 g/mol. The summed E-state index contributed by atoms with van der Waals surface area (Å²) in [6.07, 6.45) is 0. The molecule has 2 heterocycles. The third-order valence-electron chi connectivity index (χ3n) is 1.84. The van der Waals surface area contributed by atoms with E-state index in [1.807, 2.05) is 0 Å². The smallest absolute Gasteiger partial charge is 0.264 e. The second-order valence-corrected chi connectivity index (χ2v) is 7.00. The number of aromatic nitrogens is 2. The van der Waals surface area contributed by atoms with Gasteiger partial charge in [-0.15, -0.1) is 21.5 Å². The van der Waals surface area contributed by atoms with E-state index >= 15 is 0 Å². The second kappa shape index (κ2) is 4.69. The number of hydrogen-bond donors (Lipinski definition) is 2. The molecule has 2 aromatic heterocycles. The molecule has 0 saturated heterocycles. The molecule has 17 heavy (non-hydrogen) atoms. The molecule has 0 fully saturated rings. The highest BCUT2D eigenvalue weighted by atomic mass is 32.2. The molecular formula is C8H9N3O3S3. The summed E-state index contributed by atoms with van der Waals surface area (Å²) in [5.74, 6) is 0. The minimum atomic E-state index is -3.63. The Hall–Kier alpha value is -1.03. The molecule has 0 aliphatic carbocycles. The van der Waals surface area contributed by atoms with Crippen molar-refractivity contribution in [1.29, 1.82) is 0 Å². The van der Waals surface area contributed by atoms with E-state index in [2.05, 4.69) is 14.9 Å². The number of rotatable bonds is 4. The normalized spacial score (nSPS) is 11.6. The zero-order valence-corrected chi connectivity index (χ0v) is 11.2. The lowest BCUT2D eigenvalue weighted by atomic mass is 10.5. The van der Waals surface area contributed by atoms with Crippen molar-refractivity contribution in [2.24, 2.45) is 0 Å². The molecule has 9 heteroatoms. The van der Waals surface area contributed by atoms with Gasteiger partial charge in [-0.3, -0.25) is 4.72 Å². The summed E-state index contributed by atoms with van der Waals surface area (Å²) < 4.78 is 26.1. The van der Waals surface area contributed by atoms with Crippen LogP contribution in [-0.2, 0) is 16.6 Å². The van der Waals surface area contributed by atoms with Crippen molar-refractivity contribution in [2.75, 3.05) is 4.72 Å². The molecule has 0 radical (unpaired) electrons. The van der Waals surface area contributed by atoms with Crippen molar-refractivity contribution in [1.82, 2.24) is 10.2 Å². The predicted molar refractivity (Wildman–Crippen MR) is 65.7 cm³/mol. The van der Waals surface area contributed by atoms with Crippen molar-refractivity contribution in [2.45, 2.75) is 18.4 Å². The van der Waals surface area contributed by atoms with Crippen molar-refractivity contribution in [3.63, 3.8) is 0 Å². The summed E-state index contributed by atoms with van der Waals surface area (Å²) in [4.78, 5) is 0.721. The third-order valence-corrected chi connectivity index (χ3v) is 5.12. The number of aliphatic hydroxyl groups excluding tert-OH is 1. The fourth-order valence-electron chi connectivity index (χ4n) is 1.10. The summed E-state index contributed by atoms with van der Waals surface area (Å²) in [6, 6.07) is 1.43. The minimum absolute atomic E-state index is 0.124. The van der Waals surface area contributed by atoms with Crippen LogP contribution in [0.4, 0.5) is 5.13 Å². The highest BCUT2D eigenvalue weighted by Crippen LogP contribution is 2.23. The lowest BCUT2D eigenvalue weighted by Crippen LogP contribution is -2.11. The molecule has 0 aliphatic heterocycles. The Balaban J connectivity index is 2.24. The number of hydrogen-bond acceptors (Lipinski definition) is 7. The summed E-state index contributed by atoms with van der Waals surface area (Å²) in [5.41, 5.74) is 0. The molecule has 2 N–H and O–H groups in total. The number of aryl methyl sites for hydroxylation is 1. The molecule has 0 bridgehead atoms. The summed E-state index contributed by atoms with van der Waals surface area (Å²) in [7, 11) is -3.63. The van der Waals surface area contributed by atoms with E-state index in [1.165, 1.54) is 22.8 Å². The number of sulfonamides is 1. The van der Waals surface area contributed by atoms with Gasteiger partial charge in [-0.05, 0) is 13.0 Å². The van der Waals surface area contributed by atoms with Gasteiger partial charge in [0, 0.05) is 10.3 Å². The predicted octanol–water partition coefficient (Wildman–Crippen LogP) is 1.20. The second-order valence-electron chi connectivity index (χ2n) is 3.14. The zero-order valence-electron chi connectivity index (χ0n) is 8.74. The lowest BCUT2D eigenvalue weighted by molar-refractivity contribution is 0.285. The molecular weight excluding hydrogens is 282 g/mol. The van der Waals surface area contributed by atoms with Gasteiger partial charge in [0.2, 0.25) is 5.13 Å². The number of nitrogens with zero attached hydrogens (tertiary/aromatic N) is 2. The first-order chi connectivity index (χ1) is 8.01. The van der Waals surface area contributed by atoms with Gasteiger partial charge in [0.05, 0.1) is 11.5 Å². The first-order valence-corrected chi connectivity index (χ1v) is 7.70. The van der Waals surface area contributed by atoms with Crippen LogP contribution < -0.4 is 4.72 Å². The van der Waals surface area contributed by atoms with E-state index in [-0.39, 0.29) is 16.6 Å². The van der Waals surface area contributed by atoms with E-state index < -0.39 is 10.0 Å². The first kappa shape index (κ1) is 12.4. The first-order valence-electron chi connectivity index (χ1n) is 4.52. The van der Waals surface area contributed by atoms with Crippen LogP contribution in [0.2, 0.25) is 0 Å². The van der Waals surface area contributed by atoms with Crippen LogP contribution in [0.3, 0.4) is 0 Å². The fourth-order valence-corrected chi connectivity index (χ4v) is 4.05. The minimum Gasteiger partial charge on any atom is -0.391 e. The molecule has 2 rings (SSSR count). The van der Waals surface area contributed by atoms with E-state index in [0.29, 0.717) is 9.88 Å². The Labute approximate surface area is 106 Å². The third kappa shape index (κ3) is 2.80. The topological polar surface area (TPSA) is 92.2 Å². The van der Waals surface area contributed by atoms with Crippen molar-refractivity contribution in [3.8, 4) is 0 Å². The van der Waals surface area contributed by atoms with Gasteiger partial charge >= 0.3 is 0 Å². The maximum atomic E-state index is 11.9. The van der Waals surface area contributed by atoms with Crippen LogP contribution in [0, 0.1) is 6.92 Å². The van der Waals surface area contributed by atoms with Gasteiger partial charge in [-0.1, -0.05) is 11.3 Å². The van der Waals surface area contributed by atoms with E-state index in [1.54, 1.807) is 6.92 Å². The highest BCUT2D eigenvalue weighted by molar-refractivity contribution is 7.93. The van der Waals surface area contributed by atoms with Crippen molar-refractivity contribution < 1.29 is 13.5 Å². The largest absolute Gasteiger partial charge is 0.391 e. The Bertz CT molecular complexity index is 617. The van der Waals surface area contributed by atoms with E-state index in [9.17, 15) is 8.42 Å². The van der Waals surface area contributed by atoms with Gasteiger partial charge in [-0.25, -0.2) is 8.42 Å². The Morgan fingerprint density at radius 1 is 1.47 bits per heavy atom. The van der Waals surface area contributed by atoms with Crippen LogP contribution >= 0.6 is 22.7 Å². The van der Waals surface area contributed by atoms with Crippen LogP contribution in [0.15, 0.2) is 16.3 Å². The standard InChI is InChI=1S/C8H9N3O3S3/c1-5-9-10-8(16-5)11-17(13,14)7-2-6(3-12)15-4-7/h2,4,12H,3H2,1H3,(H,10,11). The van der Waals surface area contributed by atoms with Crippen molar-refractivity contribution in [3.05, 3.63) is 21.3 Å². The molecule has 92 valence electrons. The molecule has 0 saturated carbocycles. The summed E-state index contributed by atoms with van der Waals surface area (Å²) in [5, 5.41) is 18.7. The molecule has 0 atom stereocenters. The quantitative estimate of drug-likeness (QED) is 0.883. The summed E-state index contributed by atoms with van der Waals surface area (Å²) >= 11 is 2.35.